The minimum absolute atomic E-state index is 0.158. The summed E-state index contributed by atoms with van der Waals surface area (Å²) in [5, 5.41) is 5.16. The highest BCUT2D eigenvalue weighted by atomic mass is 32.2. The van der Waals surface area contributed by atoms with Gasteiger partial charge in [-0.1, -0.05) is 12.1 Å². The van der Waals surface area contributed by atoms with E-state index in [4.69, 9.17) is 5.14 Å². The predicted molar refractivity (Wildman–Crippen MR) is 103 cm³/mol. The van der Waals surface area contributed by atoms with Gasteiger partial charge in [-0.3, -0.25) is 0 Å². The number of primary sulfonamides is 1. The van der Waals surface area contributed by atoms with Crippen LogP contribution in [0, 0.1) is 6.92 Å². The number of aryl methyl sites for hydroxylation is 1. The first kappa shape index (κ1) is 17.8. The Morgan fingerprint density at radius 2 is 1.72 bits per heavy atom. The molecule has 0 radical (unpaired) electrons. The van der Waals surface area contributed by atoms with E-state index in [0.717, 1.165) is 31.6 Å². The Balaban J connectivity index is 1.63. The van der Waals surface area contributed by atoms with Gasteiger partial charge < -0.3 is 9.80 Å². The van der Waals surface area contributed by atoms with Crippen molar-refractivity contribution >= 4 is 21.4 Å². The minimum atomic E-state index is -3.63. The fraction of sp³-hybridized carbons (Fsp3) is 0.368. The van der Waals surface area contributed by atoms with Gasteiger partial charge in [0.2, 0.25) is 10.0 Å². The van der Waals surface area contributed by atoms with Crippen LogP contribution in [0.1, 0.15) is 18.4 Å². The Hall–Kier alpha value is -2.05. The molecule has 1 aliphatic rings. The summed E-state index contributed by atoms with van der Waals surface area (Å²) >= 11 is 0. The standard InChI is InChI=1S/C19H25N3O2S/c1-15-4-3-5-18(14-15)21(2)16-10-12-22(13-11-16)17-6-8-19(9-7-17)25(20,23)24/h3-9,14,16H,10-13H2,1-2H3,(H2,20,23,24). The van der Waals surface area contributed by atoms with Crippen molar-refractivity contribution in [1.82, 2.24) is 0 Å². The summed E-state index contributed by atoms with van der Waals surface area (Å²) in [6.07, 6.45) is 2.14. The van der Waals surface area contributed by atoms with E-state index >= 15 is 0 Å². The number of hydrogen-bond acceptors (Lipinski definition) is 4. The molecule has 2 aromatic rings. The highest BCUT2D eigenvalue weighted by molar-refractivity contribution is 7.89. The first-order chi connectivity index (χ1) is 11.8. The van der Waals surface area contributed by atoms with Crippen LogP contribution >= 0.6 is 0 Å². The van der Waals surface area contributed by atoms with E-state index in [1.54, 1.807) is 12.1 Å². The fourth-order valence-electron chi connectivity index (χ4n) is 3.42. The molecule has 2 aromatic carbocycles. The van der Waals surface area contributed by atoms with E-state index in [2.05, 4.69) is 48.0 Å². The van der Waals surface area contributed by atoms with Crippen LogP contribution in [0.3, 0.4) is 0 Å². The van der Waals surface area contributed by atoms with Gasteiger partial charge in [-0.2, -0.15) is 0 Å². The van der Waals surface area contributed by atoms with Crippen molar-refractivity contribution in [3.8, 4) is 0 Å². The quantitative estimate of drug-likeness (QED) is 0.911. The van der Waals surface area contributed by atoms with Gasteiger partial charge in [0, 0.05) is 37.6 Å². The minimum Gasteiger partial charge on any atom is -0.371 e. The number of piperidine rings is 1. The van der Waals surface area contributed by atoms with Crippen molar-refractivity contribution in [2.24, 2.45) is 5.14 Å². The van der Waals surface area contributed by atoms with Gasteiger partial charge in [-0.25, -0.2) is 13.6 Å². The van der Waals surface area contributed by atoms with Crippen LogP contribution in [0.4, 0.5) is 11.4 Å². The zero-order valence-corrected chi connectivity index (χ0v) is 15.5. The summed E-state index contributed by atoms with van der Waals surface area (Å²) in [7, 11) is -1.47. The van der Waals surface area contributed by atoms with Crippen molar-refractivity contribution in [1.29, 1.82) is 0 Å². The zero-order chi connectivity index (χ0) is 18.0. The smallest absolute Gasteiger partial charge is 0.238 e. The molecule has 134 valence electrons. The summed E-state index contributed by atoms with van der Waals surface area (Å²) < 4.78 is 22.7. The van der Waals surface area contributed by atoms with Crippen molar-refractivity contribution in [3.05, 3.63) is 54.1 Å². The van der Waals surface area contributed by atoms with Gasteiger partial charge in [0.1, 0.15) is 0 Å². The Morgan fingerprint density at radius 3 is 2.28 bits per heavy atom. The van der Waals surface area contributed by atoms with Crippen molar-refractivity contribution < 1.29 is 8.42 Å². The first-order valence-corrected chi connectivity index (χ1v) is 10.1. The number of anilines is 2. The van der Waals surface area contributed by atoms with Crippen LogP contribution in [-0.4, -0.2) is 34.6 Å². The van der Waals surface area contributed by atoms with Crippen LogP contribution in [0.25, 0.3) is 0 Å². The number of nitrogens with zero attached hydrogens (tertiary/aromatic N) is 2. The second-order valence-electron chi connectivity index (χ2n) is 6.71. The van der Waals surface area contributed by atoms with Crippen LogP contribution in [0.2, 0.25) is 0 Å². The molecule has 0 amide bonds. The molecule has 0 atom stereocenters. The van der Waals surface area contributed by atoms with Crippen molar-refractivity contribution in [3.63, 3.8) is 0 Å². The van der Waals surface area contributed by atoms with Gasteiger partial charge in [0.15, 0.2) is 0 Å². The molecule has 1 fully saturated rings. The third kappa shape index (κ3) is 4.14. The van der Waals surface area contributed by atoms with Crippen molar-refractivity contribution in [2.45, 2.75) is 30.7 Å². The van der Waals surface area contributed by atoms with Crippen LogP contribution in [0.5, 0.6) is 0 Å². The number of sulfonamides is 1. The molecule has 1 aliphatic heterocycles. The first-order valence-electron chi connectivity index (χ1n) is 8.52. The van der Waals surface area contributed by atoms with Crippen LogP contribution in [-0.2, 0) is 10.0 Å². The molecule has 0 spiro atoms. The van der Waals surface area contributed by atoms with Gasteiger partial charge in [0.25, 0.3) is 0 Å². The molecule has 25 heavy (non-hydrogen) atoms. The second kappa shape index (κ2) is 7.06. The topological polar surface area (TPSA) is 66.6 Å². The summed E-state index contributed by atoms with van der Waals surface area (Å²) in [4.78, 5) is 4.83. The molecule has 5 nitrogen and oxygen atoms in total. The van der Waals surface area contributed by atoms with Gasteiger partial charge in [0.05, 0.1) is 4.90 Å². The normalized spacial score (nSPS) is 16.0. The Labute approximate surface area is 150 Å². The average Bonchev–Trinajstić information content (AvgIpc) is 2.61. The average molecular weight is 359 g/mol. The lowest BCUT2D eigenvalue weighted by atomic mass is 10.0. The molecule has 6 heteroatoms. The third-order valence-electron chi connectivity index (χ3n) is 4.95. The lowest BCUT2D eigenvalue weighted by molar-refractivity contribution is 0.482. The molecule has 0 aromatic heterocycles. The highest BCUT2D eigenvalue weighted by Gasteiger charge is 2.23. The van der Waals surface area contributed by atoms with Crippen LogP contribution in [0.15, 0.2) is 53.4 Å². The lowest BCUT2D eigenvalue weighted by Gasteiger charge is -2.39. The molecule has 2 N–H and O–H groups in total. The lowest BCUT2D eigenvalue weighted by Crippen LogP contribution is -2.43. The summed E-state index contributed by atoms with van der Waals surface area (Å²) in [5.41, 5.74) is 3.58. The monoisotopic (exact) mass is 359 g/mol. The predicted octanol–water partition coefficient (Wildman–Crippen LogP) is 2.75. The van der Waals surface area contributed by atoms with E-state index in [1.165, 1.54) is 11.3 Å². The summed E-state index contributed by atoms with van der Waals surface area (Å²) in [6, 6.07) is 15.9. The summed E-state index contributed by atoms with van der Waals surface area (Å²) in [6.45, 7) is 4.02. The molecule has 0 bridgehead atoms. The van der Waals surface area contributed by atoms with Gasteiger partial charge in [-0.15, -0.1) is 0 Å². The number of rotatable bonds is 4. The SMILES string of the molecule is Cc1cccc(N(C)C2CCN(c3ccc(S(N)(=O)=O)cc3)CC2)c1. The Morgan fingerprint density at radius 1 is 1.08 bits per heavy atom. The van der Waals surface area contributed by atoms with E-state index in [9.17, 15) is 8.42 Å². The highest BCUT2D eigenvalue weighted by Crippen LogP contribution is 2.26. The maximum atomic E-state index is 11.4. The molecular weight excluding hydrogens is 334 g/mol. The summed E-state index contributed by atoms with van der Waals surface area (Å²) in [5.74, 6) is 0. The molecule has 0 saturated carbocycles. The molecule has 3 rings (SSSR count). The molecule has 0 aliphatic carbocycles. The van der Waals surface area contributed by atoms with E-state index in [0.29, 0.717) is 6.04 Å². The maximum absolute atomic E-state index is 11.4. The number of hydrogen-bond donors (Lipinski definition) is 1. The number of nitrogens with two attached hydrogens (primary N) is 1. The zero-order valence-electron chi connectivity index (χ0n) is 14.7. The number of benzene rings is 2. The third-order valence-corrected chi connectivity index (χ3v) is 5.88. The largest absolute Gasteiger partial charge is 0.371 e. The van der Waals surface area contributed by atoms with E-state index in [1.807, 2.05) is 12.1 Å². The van der Waals surface area contributed by atoms with Crippen LogP contribution < -0.4 is 14.9 Å². The van der Waals surface area contributed by atoms with E-state index in [-0.39, 0.29) is 4.90 Å². The van der Waals surface area contributed by atoms with Gasteiger partial charge in [-0.05, 0) is 61.7 Å². The fourth-order valence-corrected chi connectivity index (χ4v) is 3.93. The van der Waals surface area contributed by atoms with Crippen molar-refractivity contribution in [2.75, 3.05) is 29.9 Å². The Bertz CT molecular complexity index is 826. The van der Waals surface area contributed by atoms with Gasteiger partial charge >= 0.3 is 0 Å². The molecular formula is C19H25N3O2S. The molecule has 1 saturated heterocycles. The Kier molecular flexibility index (Phi) is 5.01. The second-order valence-corrected chi connectivity index (χ2v) is 8.27. The molecule has 0 unspecified atom stereocenters. The van der Waals surface area contributed by atoms with E-state index < -0.39 is 10.0 Å². The molecule has 1 heterocycles. The maximum Gasteiger partial charge on any atom is 0.238 e.